The Bertz CT molecular complexity index is 404. The van der Waals surface area contributed by atoms with Crippen LogP contribution in [0, 0.1) is 13.8 Å². The number of benzene rings is 1. The van der Waals surface area contributed by atoms with E-state index in [1.807, 2.05) is 32.0 Å². The number of urea groups is 1. The molecule has 1 rings (SSSR count). The van der Waals surface area contributed by atoms with Gasteiger partial charge in [0.25, 0.3) is 0 Å². The molecule has 0 fully saturated rings. The van der Waals surface area contributed by atoms with Crippen LogP contribution in [0.15, 0.2) is 18.2 Å². The van der Waals surface area contributed by atoms with Crippen molar-refractivity contribution < 1.29 is 9.90 Å². The van der Waals surface area contributed by atoms with Gasteiger partial charge >= 0.3 is 6.03 Å². The van der Waals surface area contributed by atoms with Crippen LogP contribution in [0.25, 0.3) is 0 Å². The molecule has 0 heterocycles. The average molecular weight is 236 g/mol. The number of nitrogens with one attached hydrogen (secondary N) is 1. The predicted molar refractivity (Wildman–Crippen MR) is 69.2 cm³/mol. The van der Waals surface area contributed by atoms with Gasteiger partial charge in [0, 0.05) is 12.7 Å². The summed E-state index contributed by atoms with van der Waals surface area (Å²) in [5, 5.41) is 11.8. The number of carbonyl (C=O) groups excluding carboxylic acids is 1. The molecule has 0 saturated carbocycles. The van der Waals surface area contributed by atoms with Gasteiger partial charge in [0.1, 0.15) is 0 Å². The van der Waals surface area contributed by atoms with Crippen LogP contribution in [0.5, 0.6) is 0 Å². The van der Waals surface area contributed by atoms with Gasteiger partial charge in [0.2, 0.25) is 0 Å². The van der Waals surface area contributed by atoms with Crippen LogP contribution in [0.3, 0.4) is 0 Å². The van der Waals surface area contributed by atoms with Crippen molar-refractivity contribution in [3.05, 3.63) is 29.3 Å². The Balaban J connectivity index is 2.74. The maximum atomic E-state index is 11.9. The number of aliphatic hydroxyl groups is 1. The summed E-state index contributed by atoms with van der Waals surface area (Å²) in [6.07, 6.45) is 0. The molecular formula is C13H20N2O2. The van der Waals surface area contributed by atoms with Gasteiger partial charge in [-0.15, -0.1) is 0 Å². The second-order valence-corrected chi connectivity index (χ2v) is 4.39. The summed E-state index contributed by atoms with van der Waals surface area (Å²) in [5.74, 6) is 0. The van der Waals surface area contributed by atoms with Crippen LogP contribution in [0.1, 0.15) is 18.1 Å². The Kier molecular flexibility index (Phi) is 4.52. The third kappa shape index (κ3) is 3.46. The van der Waals surface area contributed by atoms with Crippen molar-refractivity contribution in [3.63, 3.8) is 0 Å². The van der Waals surface area contributed by atoms with Crippen LogP contribution in [-0.4, -0.2) is 35.7 Å². The van der Waals surface area contributed by atoms with Crippen LogP contribution in [-0.2, 0) is 0 Å². The Morgan fingerprint density at radius 2 is 2.12 bits per heavy atom. The molecule has 4 heteroatoms. The zero-order valence-electron chi connectivity index (χ0n) is 10.8. The molecule has 94 valence electrons. The fourth-order valence-corrected chi connectivity index (χ4v) is 1.48. The number of nitrogens with zero attached hydrogens (tertiary/aromatic N) is 1. The molecule has 0 spiro atoms. The number of rotatable bonds is 3. The zero-order chi connectivity index (χ0) is 13.0. The van der Waals surface area contributed by atoms with Crippen molar-refractivity contribution in [1.29, 1.82) is 0 Å². The first-order valence-electron chi connectivity index (χ1n) is 5.67. The van der Waals surface area contributed by atoms with E-state index in [0.29, 0.717) is 0 Å². The van der Waals surface area contributed by atoms with Gasteiger partial charge < -0.3 is 15.3 Å². The molecule has 0 aliphatic carbocycles. The highest BCUT2D eigenvalue weighted by atomic mass is 16.3. The Labute approximate surface area is 102 Å². The second-order valence-electron chi connectivity index (χ2n) is 4.39. The molecule has 1 unspecified atom stereocenters. The number of likely N-dealkylation sites (N-methyl/N-ethyl adjacent to an activating group) is 1. The fourth-order valence-electron chi connectivity index (χ4n) is 1.48. The largest absolute Gasteiger partial charge is 0.394 e. The van der Waals surface area contributed by atoms with Crippen molar-refractivity contribution in [3.8, 4) is 0 Å². The standard InChI is InChI=1S/C13H20N2O2/c1-9-5-6-12(10(2)7-9)14-13(17)15(4)11(3)8-16/h5-7,11,16H,8H2,1-4H3,(H,14,17). The van der Waals surface area contributed by atoms with E-state index in [4.69, 9.17) is 5.11 Å². The summed E-state index contributed by atoms with van der Waals surface area (Å²) in [6, 6.07) is 5.46. The van der Waals surface area contributed by atoms with Gasteiger partial charge in [0.15, 0.2) is 0 Å². The molecule has 2 amide bonds. The Morgan fingerprint density at radius 3 is 2.65 bits per heavy atom. The lowest BCUT2D eigenvalue weighted by Crippen LogP contribution is -2.40. The molecule has 1 aromatic rings. The van der Waals surface area contributed by atoms with Gasteiger partial charge in [-0.2, -0.15) is 0 Å². The summed E-state index contributed by atoms with van der Waals surface area (Å²) in [7, 11) is 1.67. The highest BCUT2D eigenvalue weighted by molar-refractivity contribution is 5.90. The molecule has 0 aliphatic heterocycles. The molecule has 17 heavy (non-hydrogen) atoms. The summed E-state index contributed by atoms with van der Waals surface area (Å²) in [6.45, 7) is 5.72. The first-order chi connectivity index (χ1) is 7.95. The lowest BCUT2D eigenvalue weighted by Gasteiger charge is -2.24. The van der Waals surface area contributed by atoms with E-state index in [-0.39, 0.29) is 18.7 Å². The summed E-state index contributed by atoms with van der Waals surface area (Å²) < 4.78 is 0. The molecule has 0 aromatic heterocycles. The molecule has 0 saturated heterocycles. The minimum Gasteiger partial charge on any atom is -0.394 e. The topological polar surface area (TPSA) is 52.6 Å². The van der Waals surface area contributed by atoms with Gasteiger partial charge in [-0.05, 0) is 32.4 Å². The first kappa shape index (κ1) is 13.5. The monoisotopic (exact) mass is 236 g/mol. The molecule has 2 N–H and O–H groups in total. The number of anilines is 1. The van der Waals surface area contributed by atoms with Gasteiger partial charge in [0.05, 0.1) is 12.6 Å². The van der Waals surface area contributed by atoms with Crippen LogP contribution >= 0.6 is 0 Å². The summed E-state index contributed by atoms with van der Waals surface area (Å²) in [4.78, 5) is 13.3. The minimum absolute atomic E-state index is 0.0448. The number of aryl methyl sites for hydroxylation is 2. The normalized spacial score (nSPS) is 12.1. The van der Waals surface area contributed by atoms with Crippen LogP contribution < -0.4 is 5.32 Å². The zero-order valence-corrected chi connectivity index (χ0v) is 10.8. The average Bonchev–Trinajstić information content (AvgIpc) is 2.30. The third-order valence-corrected chi connectivity index (χ3v) is 2.87. The van der Waals surface area contributed by atoms with E-state index in [0.717, 1.165) is 16.8 Å². The van der Waals surface area contributed by atoms with Crippen molar-refractivity contribution in [2.45, 2.75) is 26.8 Å². The van der Waals surface area contributed by atoms with Gasteiger partial charge in [-0.3, -0.25) is 0 Å². The highest BCUT2D eigenvalue weighted by Gasteiger charge is 2.15. The van der Waals surface area contributed by atoms with E-state index >= 15 is 0 Å². The van der Waals surface area contributed by atoms with E-state index in [2.05, 4.69) is 5.32 Å². The van der Waals surface area contributed by atoms with Gasteiger partial charge in [-0.25, -0.2) is 4.79 Å². The predicted octanol–water partition coefficient (Wildman–Crippen LogP) is 2.15. The summed E-state index contributed by atoms with van der Waals surface area (Å²) >= 11 is 0. The molecule has 0 aliphatic rings. The van der Waals surface area contributed by atoms with E-state index in [9.17, 15) is 4.79 Å². The SMILES string of the molecule is Cc1ccc(NC(=O)N(C)C(C)CO)c(C)c1. The minimum atomic E-state index is -0.210. The molecule has 0 radical (unpaired) electrons. The second kappa shape index (κ2) is 5.68. The Hall–Kier alpha value is -1.55. The van der Waals surface area contributed by atoms with Gasteiger partial charge in [-0.1, -0.05) is 17.7 Å². The number of carbonyl (C=O) groups is 1. The smallest absolute Gasteiger partial charge is 0.321 e. The molecule has 0 bridgehead atoms. The number of hydrogen-bond acceptors (Lipinski definition) is 2. The number of amides is 2. The highest BCUT2D eigenvalue weighted by Crippen LogP contribution is 2.16. The molecule has 4 nitrogen and oxygen atoms in total. The van der Waals surface area contributed by atoms with E-state index < -0.39 is 0 Å². The van der Waals surface area contributed by atoms with E-state index in [1.54, 1.807) is 14.0 Å². The first-order valence-corrected chi connectivity index (χ1v) is 5.67. The lowest BCUT2D eigenvalue weighted by molar-refractivity contribution is 0.166. The van der Waals surface area contributed by atoms with Crippen molar-refractivity contribution in [2.75, 3.05) is 19.0 Å². The van der Waals surface area contributed by atoms with Crippen molar-refractivity contribution in [1.82, 2.24) is 4.90 Å². The lowest BCUT2D eigenvalue weighted by atomic mass is 10.1. The summed E-state index contributed by atoms with van der Waals surface area (Å²) in [5.41, 5.74) is 3.00. The maximum Gasteiger partial charge on any atom is 0.321 e. The Morgan fingerprint density at radius 1 is 1.47 bits per heavy atom. The van der Waals surface area contributed by atoms with Crippen LogP contribution in [0.4, 0.5) is 10.5 Å². The van der Waals surface area contributed by atoms with Crippen molar-refractivity contribution >= 4 is 11.7 Å². The fraction of sp³-hybridized carbons (Fsp3) is 0.462. The number of aliphatic hydroxyl groups excluding tert-OH is 1. The quantitative estimate of drug-likeness (QED) is 0.845. The van der Waals surface area contributed by atoms with E-state index in [1.165, 1.54) is 4.90 Å². The molecule has 1 aromatic carbocycles. The molecular weight excluding hydrogens is 216 g/mol. The van der Waals surface area contributed by atoms with Crippen molar-refractivity contribution in [2.24, 2.45) is 0 Å². The maximum absolute atomic E-state index is 11.9. The molecule has 1 atom stereocenters. The number of hydrogen-bond donors (Lipinski definition) is 2. The third-order valence-electron chi connectivity index (χ3n) is 2.87. The van der Waals surface area contributed by atoms with Crippen LogP contribution in [0.2, 0.25) is 0 Å².